The number of anilines is 2. The number of likely N-dealkylation sites (tertiary alicyclic amines) is 1. The van der Waals surface area contributed by atoms with Crippen LogP contribution in [0.5, 0.6) is 5.88 Å². The van der Waals surface area contributed by atoms with Gasteiger partial charge in [-0.15, -0.1) is 0 Å². The topological polar surface area (TPSA) is 88.3 Å². The molecule has 1 aromatic carbocycles. The third-order valence-electron chi connectivity index (χ3n) is 6.12. The predicted molar refractivity (Wildman–Crippen MR) is 128 cm³/mol. The van der Waals surface area contributed by atoms with Gasteiger partial charge in [0, 0.05) is 54.6 Å². The SMILES string of the molecule is CCN1CCC(Oc2ccc3cnc(Nc4ccc(-n5cc(CO)cn5)cc4F)cc3n2)CC1. The second-order valence-corrected chi connectivity index (χ2v) is 8.40. The monoisotopic (exact) mass is 462 g/mol. The number of fused-ring (bicyclic) bond motifs is 1. The first-order chi connectivity index (χ1) is 16.6. The molecule has 0 radical (unpaired) electrons. The molecule has 4 heterocycles. The van der Waals surface area contributed by atoms with E-state index in [4.69, 9.17) is 4.74 Å². The molecular weight excluding hydrogens is 435 g/mol. The number of piperidine rings is 1. The van der Waals surface area contributed by atoms with Crippen LogP contribution in [-0.2, 0) is 6.61 Å². The zero-order valence-electron chi connectivity index (χ0n) is 19.0. The minimum atomic E-state index is -0.441. The van der Waals surface area contributed by atoms with E-state index >= 15 is 0 Å². The molecular formula is C25H27FN6O2. The molecule has 0 bridgehead atoms. The molecule has 0 atom stereocenters. The lowest BCUT2D eigenvalue weighted by molar-refractivity contribution is 0.100. The maximum Gasteiger partial charge on any atom is 0.214 e. The first-order valence-corrected chi connectivity index (χ1v) is 11.5. The summed E-state index contributed by atoms with van der Waals surface area (Å²) in [5.74, 6) is 0.641. The molecule has 34 heavy (non-hydrogen) atoms. The molecule has 0 saturated carbocycles. The molecule has 3 aromatic heterocycles. The molecule has 9 heteroatoms. The Morgan fingerprint density at radius 3 is 2.74 bits per heavy atom. The molecule has 1 aliphatic rings. The molecule has 0 amide bonds. The maximum atomic E-state index is 14.8. The van der Waals surface area contributed by atoms with E-state index < -0.39 is 5.82 Å². The standard InChI is InChI=1S/C25H27FN6O2/c1-2-31-9-7-20(8-10-31)34-25-6-3-18-14-27-24(12-23(18)30-25)29-22-5-4-19(11-21(22)26)32-15-17(16-33)13-28-32/h3-6,11-15,20,33H,2,7-10,16H2,1H3,(H,27,29). The number of nitrogens with one attached hydrogen (secondary N) is 1. The fraction of sp³-hybridized carbons (Fsp3) is 0.320. The lowest BCUT2D eigenvalue weighted by atomic mass is 10.1. The van der Waals surface area contributed by atoms with Crippen molar-refractivity contribution in [2.24, 2.45) is 0 Å². The number of nitrogens with zero attached hydrogens (tertiary/aromatic N) is 5. The van der Waals surface area contributed by atoms with E-state index in [1.54, 1.807) is 36.8 Å². The maximum absolute atomic E-state index is 14.8. The highest BCUT2D eigenvalue weighted by molar-refractivity contribution is 5.81. The molecule has 4 aromatic rings. The fourth-order valence-electron chi connectivity index (χ4n) is 4.11. The molecule has 8 nitrogen and oxygen atoms in total. The molecule has 0 aliphatic carbocycles. The number of benzene rings is 1. The van der Waals surface area contributed by atoms with Gasteiger partial charge in [-0.2, -0.15) is 5.10 Å². The third-order valence-corrected chi connectivity index (χ3v) is 6.12. The predicted octanol–water partition coefficient (Wildman–Crippen LogP) is 4.05. The Labute approximate surface area is 197 Å². The summed E-state index contributed by atoms with van der Waals surface area (Å²) in [4.78, 5) is 11.5. The number of hydrogen-bond acceptors (Lipinski definition) is 7. The van der Waals surface area contributed by atoms with Gasteiger partial charge in [-0.3, -0.25) is 0 Å². The molecule has 2 N–H and O–H groups in total. The van der Waals surface area contributed by atoms with Crippen LogP contribution in [0.15, 0.2) is 55.0 Å². The number of hydrogen-bond donors (Lipinski definition) is 2. The summed E-state index contributed by atoms with van der Waals surface area (Å²) in [5, 5.41) is 17.2. The van der Waals surface area contributed by atoms with Gasteiger partial charge >= 0.3 is 0 Å². The number of pyridine rings is 2. The van der Waals surface area contributed by atoms with E-state index in [1.165, 1.54) is 10.7 Å². The van der Waals surface area contributed by atoms with E-state index in [0.717, 1.165) is 43.4 Å². The van der Waals surface area contributed by atoms with Crippen molar-refractivity contribution < 1.29 is 14.2 Å². The summed E-state index contributed by atoms with van der Waals surface area (Å²) in [5.41, 5.74) is 2.24. The van der Waals surface area contributed by atoms with Crippen LogP contribution in [-0.4, -0.2) is 55.5 Å². The number of rotatable bonds is 7. The van der Waals surface area contributed by atoms with Gasteiger partial charge in [0.15, 0.2) is 0 Å². The normalized spacial score (nSPS) is 15.0. The summed E-state index contributed by atoms with van der Waals surface area (Å²) >= 11 is 0. The summed E-state index contributed by atoms with van der Waals surface area (Å²) in [7, 11) is 0. The van der Waals surface area contributed by atoms with Crippen molar-refractivity contribution in [2.75, 3.05) is 25.0 Å². The van der Waals surface area contributed by atoms with E-state index in [9.17, 15) is 9.50 Å². The van der Waals surface area contributed by atoms with Gasteiger partial charge in [0.1, 0.15) is 17.7 Å². The molecule has 1 fully saturated rings. The number of ether oxygens (including phenoxy) is 1. The first-order valence-electron chi connectivity index (χ1n) is 11.5. The molecule has 176 valence electrons. The van der Waals surface area contributed by atoms with Crippen molar-refractivity contribution in [1.29, 1.82) is 0 Å². The Balaban J connectivity index is 1.31. The van der Waals surface area contributed by atoms with Gasteiger partial charge in [-0.05, 0) is 37.6 Å². The molecule has 5 rings (SSSR count). The number of halogens is 1. The quantitative estimate of drug-likeness (QED) is 0.428. The average molecular weight is 463 g/mol. The Morgan fingerprint density at radius 2 is 2.00 bits per heavy atom. The Bertz CT molecular complexity index is 1290. The lowest BCUT2D eigenvalue weighted by Crippen LogP contribution is -2.38. The van der Waals surface area contributed by atoms with Crippen molar-refractivity contribution in [3.05, 3.63) is 66.4 Å². The molecule has 1 saturated heterocycles. The van der Waals surface area contributed by atoms with Crippen molar-refractivity contribution in [3.63, 3.8) is 0 Å². The first kappa shape index (κ1) is 22.2. The molecule has 0 spiro atoms. The van der Waals surface area contributed by atoms with Crippen LogP contribution in [0.3, 0.4) is 0 Å². The van der Waals surface area contributed by atoms with Gasteiger partial charge in [-0.1, -0.05) is 6.92 Å². The number of aliphatic hydroxyl groups is 1. The van der Waals surface area contributed by atoms with Crippen LogP contribution < -0.4 is 10.1 Å². The number of aromatic nitrogens is 4. The summed E-state index contributed by atoms with van der Waals surface area (Å²) in [6.07, 6.45) is 7.06. The molecule has 1 aliphatic heterocycles. The van der Waals surface area contributed by atoms with Gasteiger partial charge < -0.3 is 20.1 Å². The van der Waals surface area contributed by atoms with Crippen molar-refractivity contribution in [1.82, 2.24) is 24.6 Å². The largest absolute Gasteiger partial charge is 0.474 e. The van der Waals surface area contributed by atoms with Crippen LogP contribution in [0, 0.1) is 5.82 Å². The zero-order valence-corrected chi connectivity index (χ0v) is 19.0. The highest BCUT2D eigenvalue weighted by atomic mass is 19.1. The Morgan fingerprint density at radius 1 is 1.15 bits per heavy atom. The minimum absolute atomic E-state index is 0.116. The Hall–Kier alpha value is -3.56. The highest BCUT2D eigenvalue weighted by Gasteiger charge is 2.20. The third kappa shape index (κ3) is 4.85. The van der Waals surface area contributed by atoms with Gasteiger partial charge in [-0.25, -0.2) is 19.0 Å². The van der Waals surface area contributed by atoms with Gasteiger partial charge in [0.25, 0.3) is 0 Å². The van der Waals surface area contributed by atoms with Crippen molar-refractivity contribution in [2.45, 2.75) is 32.5 Å². The van der Waals surface area contributed by atoms with Crippen LogP contribution in [0.25, 0.3) is 16.6 Å². The second-order valence-electron chi connectivity index (χ2n) is 8.40. The minimum Gasteiger partial charge on any atom is -0.474 e. The van der Waals surface area contributed by atoms with E-state index in [0.29, 0.717) is 28.6 Å². The number of aliphatic hydroxyl groups excluding tert-OH is 1. The van der Waals surface area contributed by atoms with Crippen LogP contribution >= 0.6 is 0 Å². The summed E-state index contributed by atoms with van der Waals surface area (Å²) < 4.78 is 22.4. The van der Waals surface area contributed by atoms with Gasteiger partial charge in [0.05, 0.1) is 29.7 Å². The van der Waals surface area contributed by atoms with Gasteiger partial charge in [0.2, 0.25) is 5.88 Å². The fourth-order valence-corrected chi connectivity index (χ4v) is 4.11. The van der Waals surface area contributed by atoms with Crippen LogP contribution in [0.2, 0.25) is 0 Å². The Kier molecular flexibility index (Phi) is 6.37. The van der Waals surface area contributed by atoms with E-state index in [1.807, 2.05) is 12.1 Å². The average Bonchev–Trinajstić information content (AvgIpc) is 3.35. The summed E-state index contributed by atoms with van der Waals surface area (Å²) in [6.45, 7) is 5.22. The van der Waals surface area contributed by atoms with Crippen LogP contribution in [0.4, 0.5) is 15.9 Å². The van der Waals surface area contributed by atoms with Crippen molar-refractivity contribution in [3.8, 4) is 11.6 Å². The van der Waals surface area contributed by atoms with E-state index in [-0.39, 0.29) is 12.7 Å². The zero-order chi connectivity index (χ0) is 23.5. The highest BCUT2D eigenvalue weighted by Crippen LogP contribution is 2.25. The molecule has 0 unspecified atom stereocenters. The van der Waals surface area contributed by atoms with Crippen molar-refractivity contribution >= 4 is 22.4 Å². The van der Waals surface area contributed by atoms with E-state index in [2.05, 4.69) is 32.2 Å². The smallest absolute Gasteiger partial charge is 0.214 e. The second kappa shape index (κ2) is 9.74. The van der Waals surface area contributed by atoms with Crippen LogP contribution in [0.1, 0.15) is 25.3 Å². The lowest BCUT2D eigenvalue weighted by Gasteiger charge is -2.30. The summed E-state index contributed by atoms with van der Waals surface area (Å²) in [6, 6.07) is 10.4.